The minimum Gasteiger partial charge on any atom is -0.550 e. The highest BCUT2D eigenvalue weighted by Gasteiger charge is 2.06. The van der Waals surface area contributed by atoms with E-state index in [2.05, 4.69) is 11.9 Å². The lowest BCUT2D eigenvalue weighted by molar-refractivity contribution is -0.628. The Morgan fingerprint density at radius 3 is 2.13 bits per heavy atom. The van der Waals surface area contributed by atoms with Gasteiger partial charge >= 0.3 is 0 Å². The number of nitrogens with one attached hydrogen (secondary N) is 1. The molecule has 0 aliphatic rings. The molecule has 0 saturated carbocycles. The molecule has 3 N–H and O–H groups in total. The molecule has 0 radical (unpaired) electrons. The SMILES string of the molecule is C=C(C)C(=O)NC(C)C[NH2+]C.CC(=O)[O-]. The number of quaternary nitrogens is 1. The third kappa shape index (κ3) is 15.4. The van der Waals surface area contributed by atoms with E-state index in [1.165, 1.54) is 0 Å². The van der Waals surface area contributed by atoms with Crippen molar-refractivity contribution in [2.24, 2.45) is 0 Å². The predicted molar refractivity (Wildman–Crippen MR) is 55.8 cm³/mol. The third-order valence-electron chi connectivity index (χ3n) is 1.35. The van der Waals surface area contributed by atoms with Crippen molar-refractivity contribution in [3.05, 3.63) is 12.2 Å². The van der Waals surface area contributed by atoms with E-state index in [1.54, 1.807) is 6.92 Å². The van der Waals surface area contributed by atoms with Crippen LogP contribution in [-0.2, 0) is 9.59 Å². The van der Waals surface area contributed by atoms with Crippen molar-refractivity contribution < 1.29 is 20.0 Å². The number of hydrogen-bond acceptors (Lipinski definition) is 3. The van der Waals surface area contributed by atoms with Crippen molar-refractivity contribution in [3.63, 3.8) is 0 Å². The Balaban J connectivity index is 0. The first-order chi connectivity index (χ1) is 6.81. The van der Waals surface area contributed by atoms with Gasteiger partial charge in [-0.1, -0.05) is 6.58 Å². The second-order valence-corrected chi connectivity index (χ2v) is 3.29. The average molecular weight is 216 g/mol. The summed E-state index contributed by atoms with van der Waals surface area (Å²) in [6.45, 7) is 9.10. The number of carboxylic acids is 1. The van der Waals surface area contributed by atoms with Gasteiger partial charge in [-0.05, 0) is 20.8 Å². The van der Waals surface area contributed by atoms with E-state index in [0.717, 1.165) is 13.5 Å². The number of hydrogen-bond donors (Lipinski definition) is 2. The lowest BCUT2D eigenvalue weighted by Crippen LogP contribution is -2.83. The maximum absolute atomic E-state index is 11.0. The van der Waals surface area contributed by atoms with E-state index in [0.29, 0.717) is 5.57 Å². The Hall–Kier alpha value is -1.36. The number of nitrogens with two attached hydrogens (primary N) is 1. The highest BCUT2D eigenvalue weighted by Crippen LogP contribution is 1.86. The molecule has 1 unspecified atom stereocenters. The van der Waals surface area contributed by atoms with E-state index in [4.69, 9.17) is 9.90 Å². The Kier molecular flexibility index (Phi) is 9.87. The van der Waals surface area contributed by atoms with Crippen LogP contribution in [0.3, 0.4) is 0 Å². The van der Waals surface area contributed by atoms with Crippen LogP contribution >= 0.6 is 0 Å². The third-order valence-corrected chi connectivity index (χ3v) is 1.35. The van der Waals surface area contributed by atoms with Crippen LogP contribution in [-0.4, -0.2) is 31.5 Å². The van der Waals surface area contributed by atoms with Crippen molar-refractivity contribution in [2.75, 3.05) is 13.6 Å². The van der Waals surface area contributed by atoms with Gasteiger partial charge in [0.2, 0.25) is 5.91 Å². The minimum atomic E-state index is -1.08. The summed E-state index contributed by atoms with van der Waals surface area (Å²) in [4.78, 5) is 19.9. The predicted octanol–water partition coefficient (Wildman–Crippen LogP) is -1.98. The van der Waals surface area contributed by atoms with Gasteiger partial charge in [0.1, 0.15) is 0 Å². The topological polar surface area (TPSA) is 85.8 Å². The Bertz CT molecular complexity index is 223. The fraction of sp³-hybridized carbons (Fsp3) is 0.600. The van der Waals surface area contributed by atoms with Gasteiger partial charge in [0.15, 0.2) is 0 Å². The fourth-order valence-corrected chi connectivity index (χ4v) is 0.759. The van der Waals surface area contributed by atoms with Crippen LogP contribution in [0.2, 0.25) is 0 Å². The van der Waals surface area contributed by atoms with Gasteiger partial charge < -0.3 is 20.5 Å². The van der Waals surface area contributed by atoms with Gasteiger partial charge in [0.05, 0.1) is 19.6 Å². The van der Waals surface area contributed by atoms with E-state index in [9.17, 15) is 4.79 Å². The highest BCUT2D eigenvalue weighted by molar-refractivity contribution is 5.92. The second kappa shape index (κ2) is 9.21. The van der Waals surface area contributed by atoms with Crippen LogP contribution in [0.1, 0.15) is 20.8 Å². The lowest BCUT2D eigenvalue weighted by Gasteiger charge is -2.10. The highest BCUT2D eigenvalue weighted by atomic mass is 16.4. The number of likely N-dealkylation sites (N-methyl/N-ethyl adjacent to an activating group) is 1. The van der Waals surface area contributed by atoms with Gasteiger partial charge in [-0.15, -0.1) is 0 Å². The number of amides is 1. The molecule has 0 rings (SSSR count). The molecule has 0 heterocycles. The van der Waals surface area contributed by atoms with E-state index >= 15 is 0 Å². The lowest BCUT2D eigenvalue weighted by atomic mass is 10.3. The summed E-state index contributed by atoms with van der Waals surface area (Å²) in [6, 6.07) is 0.212. The summed E-state index contributed by atoms with van der Waals surface area (Å²) in [5, 5.41) is 13.7. The zero-order valence-corrected chi connectivity index (χ0v) is 9.79. The maximum Gasteiger partial charge on any atom is 0.246 e. The normalized spacial score (nSPS) is 10.7. The zero-order chi connectivity index (χ0) is 12.4. The summed E-state index contributed by atoms with van der Waals surface area (Å²) in [5.41, 5.74) is 0.563. The number of aliphatic carboxylic acids is 1. The molecule has 15 heavy (non-hydrogen) atoms. The molecule has 0 aromatic heterocycles. The minimum absolute atomic E-state index is 0.0562. The fourth-order valence-electron chi connectivity index (χ4n) is 0.759. The molecule has 88 valence electrons. The van der Waals surface area contributed by atoms with Gasteiger partial charge in [-0.3, -0.25) is 4.79 Å². The Labute approximate surface area is 90.6 Å². The molecule has 0 fully saturated rings. The van der Waals surface area contributed by atoms with Crippen LogP contribution in [0.5, 0.6) is 0 Å². The van der Waals surface area contributed by atoms with Gasteiger partial charge in [-0.2, -0.15) is 0 Å². The Morgan fingerprint density at radius 1 is 1.47 bits per heavy atom. The molecular weight excluding hydrogens is 196 g/mol. The van der Waals surface area contributed by atoms with Gasteiger partial charge in [-0.25, -0.2) is 0 Å². The molecule has 0 aliphatic carbocycles. The van der Waals surface area contributed by atoms with Crippen LogP contribution < -0.4 is 15.7 Å². The molecule has 0 aromatic rings. The summed E-state index contributed by atoms with van der Waals surface area (Å²) >= 11 is 0. The summed E-state index contributed by atoms with van der Waals surface area (Å²) in [7, 11) is 1.98. The van der Waals surface area contributed by atoms with Crippen molar-refractivity contribution in [3.8, 4) is 0 Å². The maximum atomic E-state index is 11.0. The number of rotatable bonds is 4. The zero-order valence-electron chi connectivity index (χ0n) is 9.79. The smallest absolute Gasteiger partial charge is 0.246 e. The molecule has 5 heteroatoms. The van der Waals surface area contributed by atoms with Gasteiger partial charge in [0.25, 0.3) is 0 Å². The molecule has 1 atom stereocenters. The van der Waals surface area contributed by atoms with E-state index in [-0.39, 0.29) is 11.9 Å². The average Bonchev–Trinajstić information content (AvgIpc) is 2.02. The molecule has 0 spiro atoms. The summed E-state index contributed by atoms with van der Waals surface area (Å²) in [6.07, 6.45) is 0. The number of carbonyl (C=O) groups is 2. The summed E-state index contributed by atoms with van der Waals surface area (Å²) < 4.78 is 0. The molecule has 0 bridgehead atoms. The summed E-state index contributed by atoms with van der Waals surface area (Å²) in [5.74, 6) is -1.14. The van der Waals surface area contributed by atoms with Crippen molar-refractivity contribution >= 4 is 11.9 Å². The van der Waals surface area contributed by atoms with Crippen molar-refractivity contribution in [1.82, 2.24) is 5.32 Å². The number of carbonyl (C=O) groups excluding carboxylic acids is 2. The van der Waals surface area contributed by atoms with Crippen molar-refractivity contribution in [1.29, 1.82) is 0 Å². The first kappa shape index (κ1) is 16.1. The van der Waals surface area contributed by atoms with Crippen LogP contribution in [0.25, 0.3) is 0 Å². The molecule has 0 aromatic carbocycles. The monoisotopic (exact) mass is 216 g/mol. The molecule has 1 amide bonds. The van der Waals surface area contributed by atoms with Crippen LogP contribution in [0.15, 0.2) is 12.2 Å². The largest absolute Gasteiger partial charge is 0.550 e. The van der Waals surface area contributed by atoms with Crippen LogP contribution in [0.4, 0.5) is 0 Å². The second-order valence-electron chi connectivity index (χ2n) is 3.29. The number of carboxylic acid groups (broad SMARTS) is 1. The van der Waals surface area contributed by atoms with Gasteiger partial charge in [0, 0.05) is 11.5 Å². The molecular formula is C10H20N2O3. The van der Waals surface area contributed by atoms with Crippen molar-refractivity contribution in [2.45, 2.75) is 26.8 Å². The molecule has 5 nitrogen and oxygen atoms in total. The van der Waals surface area contributed by atoms with E-state index < -0.39 is 5.97 Å². The quantitative estimate of drug-likeness (QED) is 0.534. The Morgan fingerprint density at radius 2 is 1.87 bits per heavy atom. The van der Waals surface area contributed by atoms with Crippen LogP contribution in [0, 0.1) is 0 Å². The first-order valence-corrected chi connectivity index (χ1v) is 4.73. The molecule has 0 saturated heterocycles. The first-order valence-electron chi connectivity index (χ1n) is 4.73. The van der Waals surface area contributed by atoms with E-state index in [1.807, 2.05) is 19.3 Å². The molecule has 0 aliphatic heterocycles. The standard InChI is InChI=1S/C8H16N2O.C2H4O2/c1-6(2)8(11)10-7(3)5-9-4;1-2(3)4/h7,9H,1,5H2,2-4H3,(H,10,11);1H3,(H,3,4).